The average molecular weight is 307 g/mol. The molecule has 0 atom stereocenters. The van der Waals surface area contributed by atoms with E-state index in [2.05, 4.69) is 20.2 Å². The highest BCUT2D eigenvalue weighted by Gasteiger charge is 2.28. The van der Waals surface area contributed by atoms with Gasteiger partial charge in [-0.15, -0.1) is 5.10 Å². The first kappa shape index (κ1) is 14.0. The zero-order valence-corrected chi connectivity index (χ0v) is 12.5. The van der Waals surface area contributed by atoms with Crippen LogP contribution in [0.3, 0.4) is 0 Å². The van der Waals surface area contributed by atoms with Gasteiger partial charge in [0.2, 0.25) is 10.0 Å². The summed E-state index contributed by atoms with van der Waals surface area (Å²) >= 11 is 0. The summed E-state index contributed by atoms with van der Waals surface area (Å²) in [4.78, 5) is 0. The third-order valence-corrected chi connectivity index (χ3v) is 4.74. The molecular weight excluding hydrogens is 290 g/mol. The minimum absolute atomic E-state index is 0.108. The van der Waals surface area contributed by atoms with Crippen LogP contribution in [0.25, 0.3) is 11.4 Å². The summed E-state index contributed by atoms with van der Waals surface area (Å²) in [7, 11) is -3.29. The number of aromatic nitrogens is 4. The van der Waals surface area contributed by atoms with Crippen molar-refractivity contribution in [2.24, 2.45) is 0 Å². The molecule has 0 radical (unpaired) electrons. The van der Waals surface area contributed by atoms with Crippen LogP contribution in [0.15, 0.2) is 24.3 Å². The molecule has 1 aromatic carbocycles. The van der Waals surface area contributed by atoms with E-state index in [1.54, 1.807) is 22.9 Å². The molecule has 0 amide bonds. The van der Waals surface area contributed by atoms with Crippen LogP contribution in [0, 0.1) is 0 Å². The smallest absolute Gasteiger partial charge is 0.232 e. The Morgan fingerprint density at radius 2 is 2.19 bits per heavy atom. The van der Waals surface area contributed by atoms with Gasteiger partial charge in [0.15, 0.2) is 5.82 Å². The van der Waals surface area contributed by atoms with Crippen LogP contribution in [0.4, 0.5) is 5.69 Å². The predicted molar refractivity (Wildman–Crippen MR) is 79.2 cm³/mol. The van der Waals surface area contributed by atoms with Gasteiger partial charge < -0.3 is 0 Å². The Labute approximate surface area is 123 Å². The largest absolute Gasteiger partial charge is 0.284 e. The molecule has 1 heterocycles. The number of anilines is 1. The number of rotatable bonds is 6. The average Bonchev–Trinajstić information content (AvgIpc) is 3.15. The predicted octanol–water partition coefficient (Wildman–Crippen LogP) is 1.83. The summed E-state index contributed by atoms with van der Waals surface area (Å²) < 4.78 is 28.0. The van der Waals surface area contributed by atoms with Crippen LogP contribution in [-0.4, -0.2) is 34.4 Å². The van der Waals surface area contributed by atoms with Crippen molar-refractivity contribution < 1.29 is 8.42 Å². The molecule has 8 heteroatoms. The lowest BCUT2D eigenvalue weighted by atomic mass is 10.2. The van der Waals surface area contributed by atoms with Crippen molar-refractivity contribution in [3.63, 3.8) is 0 Å². The zero-order valence-electron chi connectivity index (χ0n) is 11.7. The molecule has 7 nitrogen and oxygen atoms in total. The summed E-state index contributed by atoms with van der Waals surface area (Å²) in [6.07, 6.45) is 2.75. The summed E-state index contributed by atoms with van der Waals surface area (Å²) in [5, 5.41) is 11.8. The molecule has 1 saturated carbocycles. The Kier molecular flexibility index (Phi) is 3.62. The Balaban J connectivity index is 1.88. The van der Waals surface area contributed by atoms with Crippen LogP contribution in [-0.2, 0) is 10.0 Å². The summed E-state index contributed by atoms with van der Waals surface area (Å²) in [6.45, 7) is 1.83. The van der Waals surface area contributed by atoms with Gasteiger partial charge >= 0.3 is 0 Å². The number of sulfonamides is 1. The van der Waals surface area contributed by atoms with Crippen molar-refractivity contribution in [1.82, 2.24) is 20.2 Å². The maximum atomic E-state index is 11.8. The van der Waals surface area contributed by atoms with Crippen LogP contribution < -0.4 is 4.72 Å². The topological polar surface area (TPSA) is 89.8 Å². The number of tetrazole rings is 1. The highest BCUT2D eigenvalue weighted by atomic mass is 32.2. The molecule has 0 aliphatic heterocycles. The Hall–Kier alpha value is -1.96. The minimum Gasteiger partial charge on any atom is -0.284 e. The van der Waals surface area contributed by atoms with Gasteiger partial charge in [-0.2, -0.15) is 0 Å². The van der Waals surface area contributed by atoms with Gasteiger partial charge in [-0.25, -0.2) is 13.1 Å². The van der Waals surface area contributed by atoms with Gasteiger partial charge in [-0.1, -0.05) is 19.1 Å². The number of benzene rings is 1. The maximum Gasteiger partial charge on any atom is 0.232 e. The van der Waals surface area contributed by atoms with Crippen LogP contribution >= 0.6 is 0 Å². The van der Waals surface area contributed by atoms with Gasteiger partial charge in [0.05, 0.1) is 11.8 Å². The highest BCUT2D eigenvalue weighted by Crippen LogP contribution is 2.36. The van der Waals surface area contributed by atoms with E-state index < -0.39 is 10.0 Å². The van der Waals surface area contributed by atoms with Crippen molar-refractivity contribution in [3.8, 4) is 11.4 Å². The molecule has 21 heavy (non-hydrogen) atoms. The van der Waals surface area contributed by atoms with E-state index >= 15 is 0 Å². The molecule has 0 saturated heterocycles. The molecular formula is C13H17N5O2S. The molecule has 3 rings (SSSR count). The van der Waals surface area contributed by atoms with Gasteiger partial charge in [-0.05, 0) is 41.8 Å². The van der Waals surface area contributed by atoms with E-state index in [0.717, 1.165) is 18.4 Å². The number of hydrogen-bond donors (Lipinski definition) is 1. The molecule has 1 aromatic heterocycles. The molecule has 1 N–H and O–H groups in total. The lowest BCUT2D eigenvalue weighted by molar-refractivity contribution is 0.600. The molecule has 0 bridgehead atoms. The number of nitrogens with zero attached hydrogens (tertiary/aromatic N) is 4. The first-order valence-electron chi connectivity index (χ1n) is 6.98. The van der Waals surface area contributed by atoms with Crippen molar-refractivity contribution >= 4 is 15.7 Å². The lowest BCUT2D eigenvalue weighted by Gasteiger charge is -2.08. The Bertz CT molecular complexity index is 737. The monoisotopic (exact) mass is 307 g/mol. The van der Waals surface area contributed by atoms with E-state index in [9.17, 15) is 8.42 Å². The minimum atomic E-state index is -3.29. The van der Waals surface area contributed by atoms with Crippen molar-refractivity contribution in [2.45, 2.75) is 32.2 Å². The number of nitrogens with one attached hydrogen (secondary N) is 1. The summed E-state index contributed by atoms with van der Waals surface area (Å²) in [6, 6.07) is 7.53. The van der Waals surface area contributed by atoms with E-state index in [4.69, 9.17) is 0 Å². The molecule has 0 unspecified atom stereocenters. The lowest BCUT2D eigenvalue weighted by Crippen LogP contribution is -2.16. The normalized spacial score (nSPS) is 15.1. The first-order chi connectivity index (χ1) is 10.1. The second kappa shape index (κ2) is 5.44. The molecule has 1 aliphatic carbocycles. The van der Waals surface area contributed by atoms with Crippen LogP contribution in [0.1, 0.15) is 32.2 Å². The van der Waals surface area contributed by atoms with Crippen molar-refractivity contribution in [3.05, 3.63) is 24.3 Å². The maximum absolute atomic E-state index is 11.8. The standard InChI is InChI=1S/C13H17N5O2S/c1-2-8-21(19,20)15-11-5-3-4-10(9-11)13-14-16-17-18(13)12-6-7-12/h3-5,9,12,15H,2,6-8H2,1H3. The third-order valence-electron chi connectivity index (χ3n) is 3.25. The third kappa shape index (κ3) is 3.21. The fourth-order valence-corrected chi connectivity index (χ4v) is 3.30. The van der Waals surface area contributed by atoms with Crippen molar-refractivity contribution in [1.29, 1.82) is 0 Å². The molecule has 2 aromatic rings. The van der Waals surface area contributed by atoms with Crippen LogP contribution in [0.5, 0.6) is 0 Å². The number of hydrogen-bond acceptors (Lipinski definition) is 5. The van der Waals surface area contributed by atoms with E-state index in [0.29, 0.717) is 24.0 Å². The summed E-state index contributed by atoms with van der Waals surface area (Å²) in [5.74, 6) is 0.783. The molecule has 112 valence electrons. The summed E-state index contributed by atoms with van der Waals surface area (Å²) in [5.41, 5.74) is 1.34. The van der Waals surface area contributed by atoms with Crippen LogP contribution in [0.2, 0.25) is 0 Å². The highest BCUT2D eigenvalue weighted by molar-refractivity contribution is 7.92. The fraction of sp³-hybridized carbons (Fsp3) is 0.462. The fourth-order valence-electron chi connectivity index (χ4n) is 2.17. The second-order valence-electron chi connectivity index (χ2n) is 5.18. The zero-order chi connectivity index (χ0) is 14.9. The second-order valence-corrected chi connectivity index (χ2v) is 7.02. The van der Waals surface area contributed by atoms with Gasteiger partial charge in [0.1, 0.15) is 0 Å². The van der Waals surface area contributed by atoms with Gasteiger partial charge in [-0.3, -0.25) is 4.72 Å². The van der Waals surface area contributed by atoms with Crippen molar-refractivity contribution in [2.75, 3.05) is 10.5 Å². The quantitative estimate of drug-likeness (QED) is 0.879. The van der Waals surface area contributed by atoms with E-state index in [-0.39, 0.29) is 5.75 Å². The molecule has 0 spiro atoms. The van der Waals surface area contributed by atoms with Gasteiger partial charge in [0, 0.05) is 11.3 Å². The Morgan fingerprint density at radius 1 is 1.38 bits per heavy atom. The van der Waals surface area contributed by atoms with E-state index in [1.807, 2.05) is 13.0 Å². The van der Waals surface area contributed by atoms with E-state index in [1.165, 1.54) is 0 Å². The van der Waals surface area contributed by atoms with Gasteiger partial charge in [0.25, 0.3) is 0 Å². The first-order valence-corrected chi connectivity index (χ1v) is 8.63. The Morgan fingerprint density at radius 3 is 2.90 bits per heavy atom. The molecule has 1 aliphatic rings. The molecule has 1 fully saturated rings. The SMILES string of the molecule is CCCS(=O)(=O)Nc1cccc(-c2nnnn2C2CC2)c1.